The van der Waals surface area contributed by atoms with Crippen molar-refractivity contribution in [3.63, 3.8) is 0 Å². The lowest BCUT2D eigenvalue weighted by atomic mass is 10.1. The van der Waals surface area contributed by atoms with Gasteiger partial charge in [-0.3, -0.25) is 9.69 Å². The van der Waals surface area contributed by atoms with Crippen molar-refractivity contribution in [3.05, 3.63) is 70.6 Å². The third-order valence-corrected chi connectivity index (χ3v) is 5.18. The van der Waals surface area contributed by atoms with Crippen LogP contribution in [-0.2, 0) is 9.59 Å². The molecule has 2 aromatic carbocycles. The number of para-hydroxylation sites is 1. The number of ether oxygens (including phenoxy) is 1. The Kier molecular flexibility index (Phi) is 5.39. The summed E-state index contributed by atoms with van der Waals surface area (Å²) >= 11 is 6.33. The molecule has 0 aromatic heterocycles. The van der Waals surface area contributed by atoms with E-state index in [2.05, 4.69) is 0 Å². The zero-order chi connectivity index (χ0) is 18.7. The Morgan fingerprint density at radius 2 is 1.85 bits per heavy atom. The first-order chi connectivity index (χ1) is 12.5. The Morgan fingerprint density at radius 1 is 1.19 bits per heavy atom. The standard InChI is InChI=1S/C19H15NO4S2/c1-24-14-10-6-5-9-13(14)11-15-17(21)20(19(25)26-15)16(18(22)23)12-7-3-2-4-8-12/h2-11,16H,1H3,(H,22,23)/p-1/b15-11+/t16-/m0/s1. The molecular weight excluding hydrogens is 370 g/mol. The molecule has 0 radical (unpaired) electrons. The Morgan fingerprint density at radius 3 is 2.50 bits per heavy atom. The molecular formula is C19H14NO4S2-. The molecule has 2 aromatic rings. The highest BCUT2D eigenvalue weighted by molar-refractivity contribution is 8.26. The van der Waals surface area contributed by atoms with Crippen molar-refractivity contribution >= 4 is 46.3 Å². The van der Waals surface area contributed by atoms with Gasteiger partial charge in [0.1, 0.15) is 16.1 Å². The second-order valence-electron chi connectivity index (χ2n) is 5.43. The normalized spacial score (nSPS) is 16.8. The van der Waals surface area contributed by atoms with Crippen LogP contribution >= 0.6 is 24.0 Å². The predicted octanol–water partition coefficient (Wildman–Crippen LogP) is 2.39. The highest BCUT2D eigenvalue weighted by atomic mass is 32.2. The monoisotopic (exact) mass is 384 g/mol. The quantitative estimate of drug-likeness (QED) is 0.582. The van der Waals surface area contributed by atoms with Gasteiger partial charge in [-0.1, -0.05) is 72.5 Å². The number of methoxy groups -OCH3 is 1. The molecule has 0 aliphatic carbocycles. The summed E-state index contributed by atoms with van der Waals surface area (Å²) in [5, 5.41) is 11.7. The van der Waals surface area contributed by atoms with Crippen LogP contribution in [0.2, 0.25) is 0 Å². The van der Waals surface area contributed by atoms with Gasteiger partial charge in [0.05, 0.1) is 18.0 Å². The molecule has 1 atom stereocenters. The number of carboxylic acid groups (broad SMARTS) is 1. The predicted molar refractivity (Wildman–Crippen MR) is 102 cm³/mol. The summed E-state index contributed by atoms with van der Waals surface area (Å²) in [6, 6.07) is 14.4. The molecule has 0 bridgehead atoms. The van der Waals surface area contributed by atoms with Crippen LogP contribution in [0.25, 0.3) is 6.08 Å². The minimum Gasteiger partial charge on any atom is -0.547 e. The summed E-state index contributed by atoms with van der Waals surface area (Å²) < 4.78 is 5.46. The van der Waals surface area contributed by atoms with Crippen molar-refractivity contribution in [1.82, 2.24) is 4.90 Å². The molecule has 7 heteroatoms. The molecule has 26 heavy (non-hydrogen) atoms. The summed E-state index contributed by atoms with van der Waals surface area (Å²) in [5.41, 5.74) is 1.14. The number of carbonyl (C=O) groups excluding carboxylic acids is 2. The number of benzene rings is 2. The maximum atomic E-state index is 12.9. The fourth-order valence-electron chi connectivity index (χ4n) is 2.66. The lowest BCUT2D eigenvalue weighted by molar-refractivity contribution is -0.310. The number of nitrogens with zero attached hydrogens (tertiary/aromatic N) is 1. The van der Waals surface area contributed by atoms with E-state index in [-0.39, 0.29) is 4.32 Å². The van der Waals surface area contributed by atoms with E-state index in [0.29, 0.717) is 21.8 Å². The van der Waals surface area contributed by atoms with E-state index in [1.54, 1.807) is 55.7 Å². The third-order valence-electron chi connectivity index (χ3n) is 3.85. The Hall–Kier alpha value is -2.64. The molecule has 1 heterocycles. The zero-order valence-electron chi connectivity index (χ0n) is 13.7. The molecule has 3 rings (SSSR count). The van der Waals surface area contributed by atoms with Crippen molar-refractivity contribution in [1.29, 1.82) is 0 Å². The number of thiocarbonyl (C=S) groups is 1. The summed E-state index contributed by atoms with van der Waals surface area (Å²) in [7, 11) is 1.54. The molecule has 1 aliphatic heterocycles. The van der Waals surface area contributed by atoms with Crippen LogP contribution in [0.1, 0.15) is 17.2 Å². The van der Waals surface area contributed by atoms with Gasteiger partial charge in [0, 0.05) is 5.56 Å². The van der Waals surface area contributed by atoms with E-state index in [1.807, 2.05) is 12.1 Å². The lowest BCUT2D eigenvalue weighted by Crippen LogP contribution is -2.43. The molecule has 5 nitrogen and oxygen atoms in total. The molecule has 1 amide bonds. The fourth-order valence-corrected chi connectivity index (χ4v) is 3.96. The van der Waals surface area contributed by atoms with E-state index in [1.165, 1.54) is 0 Å². The lowest BCUT2D eigenvalue weighted by Gasteiger charge is -2.27. The van der Waals surface area contributed by atoms with Crippen LogP contribution < -0.4 is 9.84 Å². The SMILES string of the molecule is COc1ccccc1/C=C1/SC(=S)N([C@H](C(=O)[O-])c2ccccc2)C1=O. The molecule has 1 fully saturated rings. The largest absolute Gasteiger partial charge is 0.547 e. The van der Waals surface area contributed by atoms with Gasteiger partial charge in [-0.25, -0.2) is 0 Å². The number of amides is 1. The first kappa shape index (κ1) is 18.2. The number of hydrogen-bond acceptors (Lipinski definition) is 6. The van der Waals surface area contributed by atoms with Gasteiger partial charge in [-0.2, -0.15) is 0 Å². The molecule has 1 aliphatic rings. The Bertz CT molecular complexity index is 895. The smallest absolute Gasteiger partial charge is 0.267 e. The van der Waals surface area contributed by atoms with Crippen LogP contribution in [0.4, 0.5) is 0 Å². The van der Waals surface area contributed by atoms with Gasteiger partial charge >= 0.3 is 0 Å². The van der Waals surface area contributed by atoms with Crippen LogP contribution in [0, 0.1) is 0 Å². The molecule has 0 saturated carbocycles. The van der Waals surface area contributed by atoms with E-state index in [0.717, 1.165) is 16.7 Å². The zero-order valence-corrected chi connectivity index (χ0v) is 15.4. The fraction of sp³-hybridized carbons (Fsp3) is 0.105. The van der Waals surface area contributed by atoms with Gasteiger partial charge in [-0.05, 0) is 17.7 Å². The van der Waals surface area contributed by atoms with Crippen LogP contribution in [-0.4, -0.2) is 28.2 Å². The number of carboxylic acids is 1. The van der Waals surface area contributed by atoms with Crippen LogP contribution in [0.3, 0.4) is 0 Å². The Labute approximate surface area is 160 Å². The van der Waals surface area contributed by atoms with Gasteiger partial charge in [0.25, 0.3) is 5.91 Å². The number of hydrogen-bond donors (Lipinski definition) is 0. The van der Waals surface area contributed by atoms with Gasteiger partial charge in [0.2, 0.25) is 0 Å². The van der Waals surface area contributed by atoms with E-state index in [4.69, 9.17) is 17.0 Å². The molecule has 0 spiro atoms. The molecule has 0 N–H and O–H groups in total. The minimum atomic E-state index is -1.38. The average molecular weight is 384 g/mol. The van der Waals surface area contributed by atoms with Crippen molar-refractivity contribution in [2.24, 2.45) is 0 Å². The average Bonchev–Trinajstić information content (AvgIpc) is 2.91. The molecule has 132 valence electrons. The number of thioether (sulfide) groups is 1. The second kappa shape index (κ2) is 7.72. The van der Waals surface area contributed by atoms with Crippen molar-refractivity contribution in [3.8, 4) is 5.75 Å². The summed E-state index contributed by atoms with van der Waals surface area (Å²) in [6.07, 6.45) is 1.65. The first-order valence-corrected chi connectivity index (χ1v) is 8.91. The van der Waals surface area contributed by atoms with Gasteiger partial charge in [0.15, 0.2) is 0 Å². The maximum Gasteiger partial charge on any atom is 0.267 e. The molecule has 0 unspecified atom stereocenters. The van der Waals surface area contributed by atoms with Crippen LogP contribution in [0.5, 0.6) is 5.75 Å². The van der Waals surface area contributed by atoms with Crippen molar-refractivity contribution in [2.75, 3.05) is 7.11 Å². The van der Waals surface area contributed by atoms with Gasteiger partial charge in [-0.15, -0.1) is 0 Å². The maximum absolute atomic E-state index is 12.9. The number of aliphatic carboxylic acids is 1. The van der Waals surface area contributed by atoms with Gasteiger partial charge < -0.3 is 14.6 Å². The molecule has 1 saturated heterocycles. The van der Waals surface area contributed by atoms with Crippen molar-refractivity contribution in [2.45, 2.75) is 6.04 Å². The number of rotatable bonds is 5. The second-order valence-corrected chi connectivity index (χ2v) is 7.10. The van der Waals surface area contributed by atoms with E-state index in [9.17, 15) is 14.7 Å². The summed E-state index contributed by atoms with van der Waals surface area (Å²) in [6.45, 7) is 0. The third kappa shape index (κ3) is 3.49. The summed E-state index contributed by atoms with van der Waals surface area (Å²) in [4.78, 5) is 26.0. The topological polar surface area (TPSA) is 69.7 Å². The summed E-state index contributed by atoms with van der Waals surface area (Å²) in [5.74, 6) is -1.24. The highest BCUT2D eigenvalue weighted by Crippen LogP contribution is 2.38. The van der Waals surface area contributed by atoms with E-state index < -0.39 is 17.9 Å². The van der Waals surface area contributed by atoms with E-state index >= 15 is 0 Å². The van der Waals surface area contributed by atoms with Crippen molar-refractivity contribution < 1.29 is 19.4 Å². The highest BCUT2D eigenvalue weighted by Gasteiger charge is 2.38. The first-order valence-electron chi connectivity index (χ1n) is 7.69. The number of carbonyl (C=O) groups is 2. The Balaban J connectivity index is 1.98. The minimum absolute atomic E-state index is 0.175. The van der Waals surface area contributed by atoms with Crippen LogP contribution in [0.15, 0.2) is 59.5 Å².